The number of sulfonamides is 1. The molecule has 0 radical (unpaired) electrons. The van der Waals surface area contributed by atoms with Gasteiger partial charge in [-0.05, 0) is 31.4 Å². The van der Waals surface area contributed by atoms with Crippen molar-refractivity contribution in [3.63, 3.8) is 0 Å². The zero-order valence-corrected chi connectivity index (χ0v) is 16.4. The van der Waals surface area contributed by atoms with Crippen molar-refractivity contribution in [3.05, 3.63) is 24.5 Å². The van der Waals surface area contributed by atoms with Gasteiger partial charge in [-0.3, -0.25) is 19.9 Å². The average molecular weight is 412 g/mol. The van der Waals surface area contributed by atoms with Crippen LogP contribution in [0.4, 0.5) is 4.79 Å². The van der Waals surface area contributed by atoms with Crippen LogP contribution in [-0.2, 0) is 24.3 Å². The number of rotatable bonds is 7. The summed E-state index contributed by atoms with van der Waals surface area (Å²) in [5.41, 5.74) is 0. The lowest BCUT2D eigenvalue weighted by Gasteiger charge is -2.29. The number of carbonyl (C=O) groups excluding carboxylic acids is 3. The van der Waals surface area contributed by atoms with Gasteiger partial charge in [-0.2, -0.15) is 4.31 Å². The average Bonchev–Trinajstić information content (AvgIpc) is 2.71. The van der Waals surface area contributed by atoms with Crippen molar-refractivity contribution in [2.45, 2.75) is 31.1 Å². The van der Waals surface area contributed by atoms with Gasteiger partial charge in [-0.15, -0.1) is 0 Å². The standard InChI is InChI=1S/C17H24N4O6S/c1-2-7-19-17(24)20-15(22)12-27-16(23)13-5-9-21(10-6-13)28(25,26)14-4-3-8-18-11-14/h3-4,8,11,13H,2,5-7,9-10,12H2,1H3,(H2,19,20,22,24). The number of nitrogens with zero attached hydrogens (tertiary/aromatic N) is 2. The molecule has 1 aliphatic rings. The number of hydrogen-bond donors (Lipinski definition) is 2. The largest absolute Gasteiger partial charge is 0.455 e. The monoisotopic (exact) mass is 412 g/mol. The minimum absolute atomic E-state index is 0.106. The van der Waals surface area contributed by atoms with E-state index in [9.17, 15) is 22.8 Å². The summed E-state index contributed by atoms with van der Waals surface area (Å²) in [6.07, 6.45) is 4.08. The van der Waals surface area contributed by atoms with E-state index in [1.165, 1.54) is 22.8 Å². The Kier molecular flexibility index (Phi) is 7.88. The molecule has 0 aliphatic carbocycles. The predicted molar refractivity (Wildman–Crippen MR) is 98.5 cm³/mol. The van der Waals surface area contributed by atoms with Crippen LogP contribution < -0.4 is 10.6 Å². The molecule has 0 aromatic carbocycles. The van der Waals surface area contributed by atoms with Crippen molar-refractivity contribution in [1.82, 2.24) is 19.9 Å². The number of hydrogen-bond acceptors (Lipinski definition) is 7. The van der Waals surface area contributed by atoms with E-state index in [1.54, 1.807) is 6.07 Å². The maximum absolute atomic E-state index is 12.5. The van der Waals surface area contributed by atoms with E-state index in [0.717, 1.165) is 6.42 Å². The highest BCUT2D eigenvalue weighted by atomic mass is 32.2. The van der Waals surface area contributed by atoms with Crippen LogP contribution in [0.5, 0.6) is 0 Å². The van der Waals surface area contributed by atoms with Gasteiger partial charge in [0.2, 0.25) is 10.0 Å². The van der Waals surface area contributed by atoms with E-state index < -0.39 is 40.5 Å². The Balaban J connectivity index is 1.77. The minimum Gasteiger partial charge on any atom is -0.455 e. The van der Waals surface area contributed by atoms with E-state index >= 15 is 0 Å². The molecule has 2 N–H and O–H groups in total. The molecule has 1 aliphatic heterocycles. The first-order valence-corrected chi connectivity index (χ1v) is 10.4. The minimum atomic E-state index is -3.65. The molecule has 2 heterocycles. The quantitative estimate of drug-likeness (QED) is 0.613. The molecular formula is C17H24N4O6S. The van der Waals surface area contributed by atoms with Crippen molar-refractivity contribution in [2.24, 2.45) is 5.92 Å². The van der Waals surface area contributed by atoms with Crippen LogP contribution >= 0.6 is 0 Å². The maximum Gasteiger partial charge on any atom is 0.321 e. The number of piperidine rings is 1. The van der Waals surface area contributed by atoms with Crippen molar-refractivity contribution in [1.29, 1.82) is 0 Å². The van der Waals surface area contributed by atoms with Gasteiger partial charge in [0.25, 0.3) is 5.91 Å². The van der Waals surface area contributed by atoms with Gasteiger partial charge in [0, 0.05) is 32.0 Å². The molecule has 1 saturated heterocycles. The molecule has 1 fully saturated rings. The topological polar surface area (TPSA) is 135 Å². The first kappa shape index (κ1) is 21.8. The molecular weight excluding hydrogens is 388 g/mol. The smallest absolute Gasteiger partial charge is 0.321 e. The van der Waals surface area contributed by atoms with Gasteiger partial charge < -0.3 is 10.1 Å². The van der Waals surface area contributed by atoms with Crippen LogP contribution in [0.25, 0.3) is 0 Å². The first-order valence-electron chi connectivity index (χ1n) is 8.99. The molecule has 1 aromatic rings. The van der Waals surface area contributed by atoms with Gasteiger partial charge in [0.15, 0.2) is 6.61 Å². The lowest BCUT2D eigenvalue weighted by Crippen LogP contribution is -2.43. The Bertz CT molecular complexity index is 791. The highest BCUT2D eigenvalue weighted by Crippen LogP contribution is 2.24. The summed E-state index contributed by atoms with van der Waals surface area (Å²) in [5, 5.41) is 4.53. The lowest BCUT2D eigenvalue weighted by molar-refractivity contribution is -0.153. The molecule has 0 bridgehead atoms. The molecule has 0 atom stereocenters. The number of carbonyl (C=O) groups is 3. The molecule has 0 spiro atoms. The number of imide groups is 1. The molecule has 11 heteroatoms. The van der Waals surface area contributed by atoms with Crippen LogP contribution in [0.15, 0.2) is 29.4 Å². The van der Waals surface area contributed by atoms with Crippen LogP contribution in [0.3, 0.4) is 0 Å². The van der Waals surface area contributed by atoms with Crippen molar-refractivity contribution in [3.8, 4) is 0 Å². The summed E-state index contributed by atoms with van der Waals surface area (Å²) in [5.74, 6) is -1.80. The highest BCUT2D eigenvalue weighted by molar-refractivity contribution is 7.89. The first-order chi connectivity index (χ1) is 13.3. The fraction of sp³-hybridized carbons (Fsp3) is 0.529. The summed E-state index contributed by atoms with van der Waals surface area (Å²) >= 11 is 0. The van der Waals surface area contributed by atoms with E-state index in [4.69, 9.17) is 4.74 Å². The molecule has 10 nitrogen and oxygen atoms in total. The second-order valence-electron chi connectivity index (χ2n) is 6.28. The third kappa shape index (κ3) is 5.99. The zero-order chi connectivity index (χ0) is 20.6. The van der Waals surface area contributed by atoms with Gasteiger partial charge in [-0.1, -0.05) is 6.92 Å². The molecule has 154 valence electrons. The molecule has 0 saturated carbocycles. The summed E-state index contributed by atoms with van der Waals surface area (Å²) < 4.78 is 31.3. The Hall–Kier alpha value is -2.53. The number of pyridine rings is 1. The van der Waals surface area contributed by atoms with Crippen LogP contribution in [-0.4, -0.2) is 61.9 Å². The molecule has 0 unspecified atom stereocenters. The Morgan fingerprint density at radius 2 is 2.00 bits per heavy atom. The SMILES string of the molecule is CCCNC(=O)NC(=O)COC(=O)C1CCN(S(=O)(=O)c2cccnc2)CC1. The van der Waals surface area contributed by atoms with Gasteiger partial charge in [0.1, 0.15) is 4.90 Å². The third-order valence-electron chi connectivity index (χ3n) is 4.19. The summed E-state index contributed by atoms with van der Waals surface area (Å²) in [4.78, 5) is 39.0. The predicted octanol–water partition coefficient (Wildman–Crippen LogP) is 0.261. The molecule has 3 amide bonds. The zero-order valence-electron chi connectivity index (χ0n) is 15.6. The van der Waals surface area contributed by atoms with E-state index in [2.05, 4.69) is 15.6 Å². The van der Waals surface area contributed by atoms with Crippen molar-refractivity contribution < 1.29 is 27.5 Å². The number of esters is 1. The summed E-state index contributed by atoms with van der Waals surface area (Å²) in [7, 11) is -3.65. The summed E-state index contributed by atoms with van der Waals surface area (Å²) in [6, 6.07) is 2.37. The third-order valence-corrected chi connectivity index (χ3v) is 6.08. The van der Waals surface area contributed by atoms with Gasteiger partial charge in [0.05, 0.1) is 5.92 Å². The fourth-order valence-electron chi connectivity index (χ4n) is 2.68. The number of nitrogens with one attached hydrogen (secondary N) is 2. The van der Waals surface area contributed by atoms with Gasteiger partial charge >= 0.3 is 12.0 Å². The van der Waals surface area contributed by atoms with E-state index in [-0.39, 0.29) is 30.8 Å². The Morgan fingerprint density at radius 1 is 1.29 bits per heavy atom. The number of ether oxygens (including phenoxy) is 1. The molecule has 1 aromatic heterocycles. The second kappa shape index (κ2) is 10.1. The maximum atomic E-state index is 12.5. The number of amides is 3. The van der Waals surface area contributed by atoms with Crippen LogP contribution in [0, 0.1) is 5.92 Å². The van der Waals surface area contributed by atoms with Crippen molar-refractivity contribution >= 4 is 27.9 Å². The Labute approximate surface area is 163 Å². The van der Waals surface area contributed by atoms with Gasteiger partial charge in [-0.25, -0.2) is 13.2 Å². The molecule has 28 heavy (non-hydrogen) atoms. The summed E-state index contributed by atoms with van der Waals surface area (Å²) in [6.45, 7) is 2.08. The van der Waals surface area contributed by atoms with Crippen molar-refractivity contribution in [2.75, 3.05) is 26.2 Å². The highest BCUT2D eigenvalue weighted by Gasteiger charge is 2.33. The molecule has 2 rings (SSSR count). The van der Waals surface area contributed by atoms with E-state index in [1.807, 2.05) is 6.92 Å². The normalized spacial score (nSPS) is 15.6. The lowest BCUT2D eigenvalue weighted by atomic mass is 9.98. The van der Waals surface area contributed by atoms with Crippen LogP contribution in [0.2, 0.25) is 0 Å². The number of aromatic nitrogens is 1. The Morgan fingerprint density at radius 3 is 2.61 bits per heavy atom. The van der Waals surface area contributed by atoms with E-state index in [0.29, 0.717) is 6.54 Å². The fourth-order valence-corrected chi connectivity index (χ4v) is 4.11. The number of urea groups is 1. The second-order valence-corrected chi connectivity index (χ2v) is 8.22. The van der Waals surface area contributed by atoms with Crippen LogP contribution in [0.1, 0.15) is 26.2 Å².